The molecule has 0 radical (unpaired) electrons. The van der Waals surface area contributed by atoms with E-state index in [0.717, 1.165) is 24.3 Å². The number of halogens is 1. The average molecular weight is 229 g/mol. The Bertz CT molecular complexity index is 307. The standard InChI is InChI=1S/C9H12FN3OS/c1-2-3-14-8(6-15-11)9-12-4-7(10)5-13-9/h2,4-5,8H,1,3,6,11H2. The van der Waals surface area contributed by atoms with E-state index in [2.05, 4.69) is 16.5 Å². The molecular weight excluding hydrogens is 217 g/mol. The number of hydrogen-bond donors (Lipinski definition) is 1. The van der Waals surface area contributed by atoms with Gasteiger partial charge in [-0.05, 0) is 0 Å². The summed E-state index contributed by atoms with van der Waals surface area (Å²) in [5.74, 6) is 0.470. The van der Waals surface area contributed by atoms with Crippen LogP contribution in [0.3, 0.4) is 0 Å². The molecule has 0 saturated carbocycles. The van der Waals surface area contributed by atoms with Crippen LogP contribution in [-0.4, -0.2) is 22.3 Å². The molecule has 1 atom stereocenters. The van der Waals surface area contributed by atoms with E-state index in [1.807, 2.05) is 0 Å². The molecule has 0 amide bonds. The minimum Gasteiger partial charge on any atom is -0.365 e. The monoisotopic (exact) mass is 229 g/mol. The third-order valence-corrected chi connectivity index (χ3v) is 2.09. The summed E-state index contributed by atoms with van der Waals surface area (Å²) in [7, 11) is 0. The number of nitrogens with two attached hydrogens (primary N) is 1. The normalized spacial score (nSPS) is 12.4. The Kier molecular flexibility index (Phi) is 5.23. The second kappa shape index (κ2) is 6.49. The van der Waals surface area contributed by atoms with Crippen molar-refractivity contribution in [2.24, 2.45) is 5.14 Å². The van der Waals surface area contributed by atoms with Crippen LogP contribution in [0.2, 0.25) is 0 Å². The fourth-order valence-corrected chi connectivity index (χ4v) is 1.38. The number of nitrogens with zero attached hydrogens (tertiary/aromatic N) is 2. The molecule has 0 spiro atoms. The van der Waals surface area contributed by atoms with Crippen molar-refractivity contribution in [1.82, 2.24) is 9.97 Å². The molecule has 0 aromatic carbocycles. The maximum atomic E-state index is 12.6. The molecule has 0 aliphatic rings. The predicted octanol–water partition coefficient (Wildman–Crippen LogP) is 1.47. The van der Waals surface area contributed by atoms with Gasteiger partial charge in [-0.3, -0.25) is 5.14 Å². The first-order valence-electron chi connectivity index (χ1n) is 4.29. The van der Waals surface area contributed by atoms with Crippen LogP contribution < -0.4 is 5.14 Å². The molecule has 1 heterocycles. The van der Waals surface area contributed by atoms with E-state index in [0.29, 0.717) is 18.2 Å². The summed E-state index contributed by atoms with van der Waals surface area (Å²) in [4.78, 5) is 7.67. The van der Waals surface area contributed by atoms with Gasteiger partial charge >= 0.3 is 0 Å². The Morgan fingerprint density at radius 3 is 2.80 bits per heavy atom. The summed E-state index contributed by atoms with van der Waals surface area (Å²) in [6.07, 6.45) is 3.50. The van der Waals surface area contributed by atoms with Crippen molar-refractivity contribution in [2.75, 3.05) is 12.4 Å². The summed E-state index contributed by atoms with van der Waals surface area (Å²) in [6.45, 7) is 3.92. The Balaban J connectivity index is 2.69. The van der Waals surface area contributed by atoms with Crippen LogP contribution in [0.1, 0.15) is 11.9 Å². The van der Waals surface area contributed by atoms with Crippen LogP contribution in [0.15, 0.2) is 25.0 Å². The number of aromatic nitrogens is 2. The van der Waals surface area contributed by atoms with Crippen LogP contribution in [0.25, 0.3) is 0 Å². The van der Waals surface area contributed by atoms with Crippen LogP contribution in [0, 0.1) is 5.82 Å². The lowest BCUT2D eigenvalue weighted by Crippen LogP contribution is -2.12. The van der Waals surface area contributed by atoms with Gasteiger partial charge in [-0.2, -0.15) is 0 Å². The Hall–Kier alpha value is -0.980. The van der Waals surface area contributed by atoms with Crippen molar-refractivity contribution >= 4 is 11.9 Å². The molecule has 0 aliphatic carbocycles. The molecule has 0 saturated heterocycles. The lowest BCUT2D eigenvalue weighted by molar-refractivity contribution is 0.0855. The Morgan fingerprint density at radius 2 is 2.27 bits per heavy atom. The fourth-order valence-electron chi connectivity index (χ4n) is 0.957. The van der Waals surface area contributed by atoms with Gasteiger partial charge in [-0.1, -0.05) is 18.0 Å². The maximum Gasteiger partial charge on any atom is 0.159 e. The number of ether oxygens (including phenoxy) is 1. The Labute approximate surface area is 91.9 Å². The van der Waals surface area contributed by atoms with Crippen molar-refractivity contribution in [3.8, 4) is 0 Å². The highest BCUT2D eigenvalue weighted by Gasteiger charge is 2.14. The van der Waals surface area contributed by atoms with Crippen LogP contribution in [0.4, 0.5) is 4.39 Å². The lowest BCUT2D eigenvalue weighted by atomic mass is 10.3. The van der Waals surface area contributed by atoms with E-state index >= 15 is 0 Å². The molecule has 1 aromatic rings. The molecule has 4 nitrogen and oxygen atoms in total. The molecular formula is C9H12FN3OS. The molecule has 1 rings (SSSR count). The van der Waals surface area contributed by atoms with E-state index in [1.54, 1.807) is 6.08 Å². The molecule has 15 heavy (non-hydrogen) atoms. The smallest absolute Gasteiger partial charge is 0.159 e. The summed E-state index contributed by atoms with van der Waals surface area (Å²) < 4.78 is 18.0. The van der Waals surface area contributed by atoms with Crippen molar-refractivity contribution in [1.29, 1.82) is 0 Å². The molecule has 6 heteroatoms. The van der Waals surface area contributed by atoms with Gasteiger partial charge in [0, 0.05) is 5.75 Å². The fraction of sp³-hybridized carbons (Fsp3) is 0.333. The van der Waals surface area contributed by atoms with E-state index in [1.165, 1.54) is 0 Å². The minimum atomic E-state index is -0.471. The largest absolute Gasteiger partial charge is 0.365 e. The zero-order chi connectivity index (χ0) is 11.1. The number of rotatable bonds is 6. The van der Waals surface area contributed by atoms with Gasteiger partial charge < -0.3 is 4.74 Å². The highest BCUT2D eigenvalue weighted by molar-refractivity contribution is 7.97. The van der Waals surface area contributed by atoms with E-state index < -0.39 is 5.82 Å². The molecule has 1 aromatic heterocycles. The SMILES string of the molecule is C=CCOC(CSN)c1ncc(F)cn1. The van der Waals surface area contributed by atoms with Crippen molar-refractivity contribution in [3.05, 3.63) is 36.7 Å². The first kappa shape index (κ1) is 12.1. The van der Waals surface area contributed by atoms with Crippen molar-refractivity contribution < 1.29 is 9.13 Å². The molecule has 0 aliphatic heterocycles. The van der Waals surface area contributed by atoms with Crippen LogP contribution >= 0.6 is 11.9 Å². The molecule has 0 fully saturated rings. The van der Waals surface area contributed by atoms with Gasteiger partial charge in [0.25, 0.3) is 0 Å². The highest BCUT2D eigenvalue weighted by Crippen LogP contribution is 2.16. The van der Waals surface area contributed by atoms with Gasteiger partial charge in [-0.25, -0.2) is 14.4 Å². The van der Waals surface area contributed by atoms with E-state index in [9.17, 15) is 4.39 Å². The summed E-state index contributed by atoms with van der Waals surface area (Å²) >= 11 is 1.13. The summed E-state index contributed by atoms with van der Waals surface area (Å²) in [5, 5.41) is 5.35. The second-order valence-electron chi connectivity index (χ2n) is 2.70. The van der Waals surface area contributed by atoms with Gasteiger partial charge in [0.1, 0.15) is 6.10 Å². The average Bonchev–Trinajstić information content (AvgIpc) is 2.25. The van der Waals surface area contributed by atoms with Crippen molar-refractivity contribution in [2.45, 2.75) is 6.10 Å². The zero-order valence-electron chi connectivity index (χ0n) is 8.10. The second-order valence-corrected chi connectivity index (χ2v) is 3.37. The van der Waals surface area contributed by atoms with E-state index in [4.69, 9.17) is 9.88 Å². The first-order chi connectivity index (χ1) is 7.27. The number of hydrogen-bond acceptors (Lipinski definition) is 5. The van der Waals surface area contributed by atoms with Gasteiger partial charge in [-0.15, -0.1) is 6.58 Å². The van der Waals surface area contributed by atoms with Crippen LogP contribution in [-0.2, 0) is 4.74 Å². The minimum absolute atomic E-state index is 0.335. The summed E-state index contributed by atoms with van der Waals surface area (Å²) in [5.41, 5.74) is 0. The van der Waals surface area contributed by atoms with Crippen molar-refractivity contribution in [3.63, 3.8) is 0 Å². The van der Waals surface area contributed by atoms with Crippen LogP contribution in [0.5, 0.6) is 0 Å². The highest BCUT2D eigenvalue weighted by atomic mass is 32.2. The van der Waals surface area contributed by atoms with Gasteiger partial charge in [0.05, 0.1) is 19.0 Å². The summed E-state index contributed by atoms with van der Waals surface area (Å²) in [6, 6.07) is 0. The Morgan fingerprint density at radius 1 is 1.60 bits per heavy atom. The molecule has 0 bridgehead atoms. The lowest BCUT2D eigenvalue weighted by Gasteiger charge is -2.13. The topological polar surface area (TPSA) is 61.0 Å². The van der Waals surface area contributed by atoms with E-state index in [-0.39, 0.29) is 6.10 Å². The van der Waals surface area contributed by atoms with Gasteiger partial charge in [0.15, 0.2) is 11.6 Å². The van der Waals surface area contributed by atoms with Gasteiger partial charge in [0.2, 0.25) is 0 Å². The third kappa shape index (κ3) is 3.94. The molecule has 82 valence electrons. The maximum absolute atomic E-state index is 12.6. The quantitative estimate of drug-likeness (QED) is 0.591. The molecule has 1 unspecified atom stereocenters. The third-order valence-electron chi connectivity index (χ3n) is 1.59. The first-order valence-corrected chi connectivity index (χ1v) is 5.34. The molecule has 2 N–H and O–H groups in total. The zero-order valence-corrected chi connectivity index (χ0v) is 8.91. The predicted molar refractivity (Wildman–Crippen MR) is 57.5 cm³/mol.